The second-order valence-corrected chi connectivity index (χ2v) is 5.15. The van der Waals surface area contributed by atoms with Crippen LogP contribution in [-0.4, -0.2) is 4.98 Å². The van der Waals surface area contributed by atoms with Gasteiger partial charge in [-0.15, -0.1) is 0 Å². The molecule has 100 valence electrons. The molecular weight excluding hydrogens is 242 g/mol. The number of aromatic nitrogens is 1. The van der Waals surface area contributed by atoms with Crippen LogP contribution in [0.1, 0.15) is 25.5 Å². The molecule has 0 saturated carbocycles. The lowest BCUT2D eigenvalue weighted by atomic mass is 9.99. The van der Waals surface area contributed by atoms with Gasteiger partial charge in [0.25, 0.3) is 0 Å². The van der Waals surface area contributed by atoms with E-state index >= 15 is 0 Å². The summed E-state index contributed by atoms with van der Waals surface area (Å²) in [5.74, 6) is 0. The zero-order valence-electron chi connectivity index (χ0n) is 11.8. The van der Waals surface area contributed by atoms with Crippen LogP contribution in [0.5, 0.6) is 0 Å². The van der Waals surface area contributed by atoms with Crippen molar-refractivity contribution in [2.45, 2.75) is 26.2 Å². The van der Waals surface area contributed by atoms with Crippen molar-refractivity contribution >= 4 is 10.9 Å². The molecule has 0 aliphatic rings. The molecular formula is C19H19N. The number of fused-ring (bicyclic) bond motifs is 1. The number of hydrogen-bond donors (Lipinski definition) is 0. The maximum Gasteiger partial charge on any atom is 0.0711 e. The second kappa shape index (κ2) is 5.87. The molecule has 1 heterocycles. The molecule has 1 nitrogen and oxygen atoms in total. The Kier molecular flexibility index (Phi) is 3.78. The van der Waals surface area contributed by atoms with Gasteiger partial charge in [0.1, 0.15) is 0 Å². The van der Waals surface area contributed by atoms with E-state index < -0.39 is 0 Å². The first-order valence-electron chi connectivity index (χ1n) is 7.32. The molecule has 0 unspecified atom stereocenters. The molecule has 0 aliphatic heterocycles. The highest BCUT2D eigenvalue weighted by atomic mass is 14.7. The van der Waals surface area contributed by atoms with E-state index in [-0.39, 0.29) is 0 Å². The summed E-state index contributed by atoms with van der Waals surface area (Å²) in [6, 6.07) is 21.3. The summed E-state index contributed by atoms with van der Waals surface area (Å²) in [5.41, 5.74) is 4.86. The normalized spacial score (nSPS) is 10.8. The Morgan fingerprint density at radius 3 is 2.45 bits per heavy atom. The quantitative estimate of drug-likeness (QED) is 0.625. The van der Waals surface area contributed by atoms with Crippen molar-refractivity contribution < 1.29 is 0 Å². The molecule has 3 rings (SSSR count). The number of nitrogens with zero attached hydrogens (tertiary/aromatic N) is 1. The number of para-hydroxylation sites is 1. The second-order valence-electron chi connectivity index (χ2n) is 5.15. The molecule has 0 bridgehead atoms. The molecule has 1 aromatic heterocycles. The van der Waals surface area contributed by atoms with Gasteiger partial charge in [0.05, 0.1) is 5.52 Å². The highest BCUT2D eigenvalue weighted by Crippen LogP contribution is 2.28. The Hall–Kier alpha value is -2.15. The van der Waals surface area contributed by atoms with Crippen molar-refractivity contribution in [3.8, 4) is 11.1 Å². The fourth-order valence-corrected chi connectivity index (χ4v) is 2.57. The van der Waals surface area contributed by atoms with Gasteiger partial charge in [0.15, 0.2) is 0 Å². The molecule has 0 spiro atoms. The van der Waals surface area contributed by atoms with E-state index in [1.54, 1.807) is 0 Å². The van der Waals surface area contributed by atoms with E-state index in [2.05, 4.69) is 67.6 Å². The number of aryl methyl sites for hydroxylation is 1. The van der Waals surface area contributed by atoms with Gasteiger partial charge in [-0.1, -0.05) is 61.9 Å². The molecule has 0 fully saturated rings. The highest BCUT2D eigenvalue weighted by molar-refractivity contribution is 5.94. The minimum absolute atomic E-state index is 1.06. The van der Waals surface area contributed by atoms with Gasteiger partial charge in [-0.25, -0.2) is 0 Å². The van der Waals surface area contributed by atoms with Crippen LogP contribution in [0.25, 0.3) is 22.0 Å². The van der Waals surface area contributed by atoms with Crippen molar-refractivity contribution in [1.29, 1.82) is 0 Å². The van der Waals surface area contributed by atoms with Crippen LogP contribution in [0, 0.1) is 0 Å². The summed E-state index contributed by atoms with van der Waals surface area (Å²) in [7, 11) is 0. The lowest BCUT2D eigenvalue weighted by Gasteiger charge is -2.10. The minimum Gasteiger partial charge on any atom is -0.253 e. The summed E-state index contributed by atoms with van der Waals surface area (Å²) in [5, 5.41) is 1.24. The number of rotatable bonds is 4. The zero-order valence-corrected chi connectivity index (χ0v) is 11.8. The molecule has 0 N–H and O–H groups in total. The first kappa shape index (κ1) is 12.9. The number of hydrogen-bond acceptors (Lipinski definition) is 1. The van der Waals surface area contributed by atoms with Gasteiger partial charge in [-0.3, -0.25) is 4.98 Å². The van der Waals surface area contributed by atoms with Crippen LogP contribution in [0.2, 0.25) is 0 Å². The first-order chi connectivity index (χ1) is 9.88. The molecule has 2 aromatic carbocycles. The molecule has 0 radical (unpaired) electrons. The molecule has 20 heavy (non-hydrogen) atoms. The predicted molar refractivity (Wildman–Crippen MR) is 85.8 cm³/mol. The third kappa shape index (κ3) is 2.57. The summed E-state index contributed by atoms with van der Waals surface area (Å²) in [4.78, 5) is 4.80. The number of pyridine rings is 1. The van der Waals surface area contributed by atoms with E-state index in [1.165, 1.54) is 35.0 Å². The van der Waals surface area contributed by atoms with E-state index in [1.807, 2.05) is 0 Å². The van der Waals surface area contributed by atoms with Crippen molar-refractivity contribution in [3.05, 3.63) is 66.4 Å². The molecule has 0 saturated heterocycles. The van der Waals surface area contributed by atoms with Gasteiger partial charge >= 0.3 is 0 Å². The molecule has 0 atom stereocenters. The highest BCUT2D eigenvalue weighted by Gasteiger charge is 2.07. The minimum atomic E-state index is 1.06. The van der Waals surface area contributed by atoms with Crippen LogP contribution >= 0.6 is 0 Å². The van der Waals surface area contributed by atoms with E-state index in [9.17, 15) is 0 Å². The van der Waals surface area contributed by atoms with Gasteiger partial charge in [0, 0.05) is 11.1 Å². The summed E-state index contributed by atoms with van der Waals surface area (Å²) < 4.78 is 0. The standard InChI is InChI=1S/C19H19N/c1-2-3-11-16-14-18(15-9-5-4-6-10-15)17-12-7-8-13-19(17)20-16/h4-10,12-14H,2-3,11H2,1H3. The Labute approximate surface area is 120 Å². The fraction of sp³-hybridized carbons (Fsp3) is 0.211. The molecule has 0 aliphatic carbocycles. The molecule has 0 amide bonds. The Morgan fingerprint density at radius 1 is 0.900 bits per heavy atom. The van der Waals surface area contributed by atoms with Gasteiger partial charge in [-0.05, 0) is 36.1 Å². The van der Waals surface area contributed by atoms with Gasteiger partial charge in [0.2, 0.25) is 0 Å². The van der Waals surface area contributed by atoms with E-state index in [4.69, 9.17) is 4.98 Å². The maximum atomic E-state index is 4.80. The average molecular weight is 261 g/mol. The van der Waals surface area contributed by atoms with E-state index in [0.29, 0.717) is 0 Å². The lowest BCUT2D eigenvalue weighted by molar-refractivity contribution is 0.780. The summed E-state index contributed by atoms with van der Waals surface area (Å²) >= 11 is 0. The summed E-state index contributed by atoms with van der Waals surface area (Å²) in [6.07, 6.45) is 3.45. The van der Waals surface area contributed by atoms with E-state index in [0.717, 1.165) is 11.9 Å². The lowest BCUT2D eigenvalue weighted by Crippen LogP contribution is -1.93. The van der Waals surface area contributed by atoms with Gasteiger partial charge in [-0.2, -0.15) is 0 Å². The van der Waals surface area contributed by atoms with Crippen molar-refractivity contribution in [2.24, 2.45) is 0 Å². The average Bonchev–Trinajstić information content (AvgIpc) is 2.53. The SMILES string of the molecule is CCCCc1cc(-c2ccccc2)c2ccccc2n1. The van der Waals surface area contributed by atoms with Crippen LogP contribution in [0.15, 0.2) is 60.7 Å². The van der Waals surface area contributed by atoms with Crippen molar-refractivity contribution in [1.82, 2.24) is 4.98 Å². The van der Waals surface area contributed by atoms with Crippen molar-refractivity contribution in [3.63, 3.8) is 0 Å². The number of benzene rings is 2. The predicted octanol–water partition coefficient (Wildman–Crippen LogP) is 5.24. The van der Waals surface area contributed by atoms with Crippen LogP contribution in [0.3, 0.4) is 0 Å². The van der Waals surface area contributed by atoms with Crippen LogP contribution in [-0.2, 0) is 6.42 Å². The van der Waals surface area contributed by atoms with Crippen LogP contribution < -0.4 is 0 Å². The maximum absolute atomic E-state index is 4.80. The van der Waals surface area contributed by atoms with Crippen LogP contribution in [0.4, 0.5) is 0 Å². The third-order valence-corrected chi connectivity index (χ3v) is 3.64. The van der Waals surface area contributed by atoms with Crippen molar-refractivity contribution in [2.75, 3.05) is 0 Å². The zero-order chi connectivity index (χ0) is 13.8. The summed E-state index contributed by atoms with van der Waals surface area (Å²) in [6.45, 7) is 2.22. The largest absolute Gasteiger partial charge is 0.253 e. The molecule has 1 heteroatoms. The monoisotopic (exact) mass is 261 g/mol. The smallest absolute Gasteiger partial charge is 0.0711 e. The third-order valence-electron chi connectivity index (χ3n) is 3.64. The number of unbranched alkanes of at least 4 members (excludes halogenated alkanes) is 1. The van der Waals surface area contributed by atoms with Gasteiger partial charge < -0.3 is 0 Å². The Morgan fingerprint density at radius 2 is 1.65 bits per heavy atom. The topological polar surface area (TPSA) is 12.9 Å². The fourth-order valence-electron chi connectivity index (χ4n) is 2.57. The Balaban J connectivity index is 2.17. The Bertz CT molecular complexity index is 701. The molecule has 3 aromatic rings. The first-order valence-corrected chi connectivity index (χ1v) is 7.32.